The van der Waals surface area contributed by atoms with Crippen LogP contribution in [0.5, 0.6) is 0 Å². The molecule has 0 atom stereocenters. The molecule has 1 aromatic carbocycles. The van der Waals surface area contributed by atoms with Crippen LogP contribution in [0.4, 0.5) is 5.69 Å². The molecule has 1 aromatic heterocycles. The van der Waals surface area contributed by atoms with Gasteiger partial charge >= 0.3 is 0 Å². The number of nitrogens with zero attached hydrogens (tertiary/aromatic N) is 3. The van der Waals surface area contributed by atoms with Crippen molar-refractivity contribution in [3.05, 3.63) is 40.3 Å². The van der Waals surface area contributed by atoms with Crippen molar-refractivity contribution in [1.82, 2.24) is 9.88 Å². The normalized spacial score (nSPS) is 15.0. The predicted octanol–water partition coefficient (Wildman–Crippen LogP) is 2.80. The van der Waals surface area contributed by atoms with Crippen LogP contribution in [-0.2, 0) is 11.3 Å². The van der Waals surface area contributed by atoms with E-state index in [-0.39, 0.29) is 5.91 Å². The first-order valence-electron chi connectivity index (χ1n) is 7.46. The Labute approximate surface area is 148 Å². The van der Waals surface area contributed by atoms with Gasteiger partial charge < -0.3 is 10.1 Å². The van der Waals surface area contributed by atoms with E-state index in [2.05, 4.69) is 15.2 Å². The molecular weight excluding hydrogens is 344 g/mol. The Bertz CT molecular complexity index is 733. The molecule has 2 heterocycles. The van der Waals surface area contributed by atoms with Gasteiger partial charge in [-0.25, -0.2) is 4.98 Å². The second-order valence-corrected chi connectivity index (χ2v) is 6.99. The summed E-state index contributed by atoms with van der Waals surface area (Å²) in [5.74, 6) is -0.222. The number of hydrogen-bond donors (Lipinski definition) is 1. The van der Waals surface area contributed by atoms with Gasteiger partial charge in [0.05, 0.1) is 19.8 Å². The Morgan fingerprint density at radius 1 is 1.38 bits per heavy atom. The lowest BCUT2D eigenvalue weighted by Crippen LogP contribution is -2.35. The standard InChI is InChI=1S/C16H16N4O2S2/c17-11-24-13-3-1-12(2-4-13)18-16(21)14-10-23-15(19-14)9-20-5-7-22-8-6-20/h1-4,10H,5-9H2,(H,18,21). The lowest BCUT2D eigenvalue weighted by molar-refractivity contribution is 0.0341. The van der Waals surface area contributed by atoms with Crippen molar-refractivity contribution in [2.75, 3.05) is 31.6 Å². The Hall–Kier alpha value is -1.92. The molecule has 24 heavy (non-hydrogen) atoms. The minimum atomic E-state index is -0.222. The molecule has 0 unspecified atom stereocenters. The van der Waals surface area contributed by atoms with Gasteiger partial charge in [-0.2, -0.15) is 5.26 Å². The number of amides is 1. The molecule has 8 heteroatoms. The molecule has 2 aromatic rings. The van der Waals surface area contributed by atoms with Crippen LogP contribution in [0.1, 0.15) is 15.5 Å². The van der Waals surface area contributed by atoms with E-state index in [1.165, 1.54) is 11.3 Å². The molecule has 1 aliphatic heterocycles. The van der Waals surface area contributed by atoms with Crippen LogP contribution >= 0.6 is 23.1 Å². The minimum Gasteiger partial charge on any atom is -0.379 e. The first kappa shape index (κ1) is 16.9. The molecule has 6 nitrogen and oxygen atoms in total. The van der Waals surface area contributed by atoms with Gasteiger partial charge in [-0.05, 0) is 36.0 Å². The molecule has 0 saturated carbocycles. The van der Waals surface area contributed by atoms with Gasteiger partial charge in [0.25, 0.3) is 5.91 Å². The topological polar surface area (TPSA) is 78.2 Å². The van der Waals surface area contributed by atoms with Gasteiger partial charge in [-0.1, -0.05) is 0 Å². The summed E-state index contributed by atoms with van der Waals surface area (Å²) in [6.45, 7) is 4.04. The largest absolute Gasteiger partial charge is 0.379 e. The third-order valence-electron chi connectivity index (χ3n) is 3.52. The summed E-state index contributed by atoms with van der Waals surface area (Å²) in [6.07, 6.45) is 0. The summed E-state index contributed by atoms with van der Waals surface area (Å²) in [7, 11) is 0. The number of aromatic nitrogens is 1. The van der Waals surface area contributed by atoms with E-state index >= 15 is 0 Å². The Kier molecular flexibility index (Phi) is 5.82. The molecule has 0 aliphatic carbocycles. The van der Waals surface area contributed by atoms with Crippen molar-refractivity contribution in [2.24, 2.45) is 0 Å². The second kappa shape index (κ2) is 8.26. The fourth-order valence-corrected chi connectivity index (χ4v) is 3.49. The molecule has 0 bridgehead atoms. The highest BCUT2D eigenvalue weighted by Crippen LogP contribution is 2.20. The highest BCUT2D eigenvalue weighted by Gasteiger charge is 2.15. The molecule has 1 N–H and O–H groups in total. The maximum Gasteiger partial charge on any atom is 0.275 e. The van der Waals surface area contributed by atoms with Crippen molar-refractivity contribution >= 4 is 34.7 Å². The lowest BCUT2D eigenvalue weighted by atomic mass is 10.3. The van der Waals surface area contributed by atoms with E-state index in [1.54, 1.807) is 29.6 Å². The van der Waals surface area contributed by atoms with Crippen molar-refractivity contribution in [2.45, 2.75) is 11.4 Å². The number of morpholine rings is 1. The number of rotatable bonds is 5. The van der Waals surface area contributed by atoms with Crippen LogP contribution in [0.15, 0.2) is 34.5 Å². The van der Waals surface area contributed by atoms with Crippen LogP contribution in [0, 0.1) is 10.7 Å². The molecule has 1 fully saturated rings. The number of nitriles is 1. The fourth-order valence-electron chi connectivity index (χ4n) is 2.29. The molecule has 0 radical (unpaired) electrons. The number of thiazole rings is 1. The van der Waals surface area contributed by atoms with Crippen LogP contribution in [-0.4, -0.2) is 42.1 Å². The van der Waals surface area contributed by atoms with Gasteiger partial charge in [0.1, 0.15) is 16.1 Å². The highest BCUT2D eigenvalue weighted by atomic mass is 32.2. The lowest BCUT2D eigenvalue weighted by Gasteiger charge is -2.25. The van der Waals surface area contributed by atoms with Crippen molar-refractivity contribution in [3.8, 4) is 5.40 Å². The van der Waals surface area contributed by atoms with E-state index in [0.717, 1.165) is 54.5 Å². The van der Waals surface area contributed by atoms with Crippen molar-refractivity contribution in [1.29, 1.82) is 5.26 Å². The monoisotopic (exact) mass is 360 g/mol. The maximum absolute atomic E-state index is 12.3. The van der Waals surface area contributed by atoms with Gasteiger partial charge in [-0.3, -0.25) is 9.69 Å². The number of benzene rings is 1. The van der Waals surface area contributed by atoms with E-state index in [1.807, 2.05) is 5.40 Å². The minimum absolute atomic E-state index is 0.222. The molecule has 1 amide bonds. The van der Waals surface area contributed by atoms with Gasteiger partial charge in [-0.15, -0.1) is 11.3 Å². The highest BCUT2D eigenvalue weighted by molar-refractivity contribution is 8.03. The fraction of sp³-hybridized carbons (Fsp3) is 0.312. The summed E-state index contributed by atoms with van der Waals surface area (Å²) in [5.41, 5.74) is 1.11. The van der Waals surface area contributed by atoms with Gasteiger partial charge in [0.2, 0.25) is 0 Å². The number of thioether (sulfide) groups is 1. The van der Waals surface area contributed by atoms with E-state index < -0.39 is 0 Å². The van der Waals surface area contributed by atoms with Gasteiger partial charge in [0, 0.05) is 29.1 Å². The smallest absolute Gasteiger partial charge is 0.275 e. The second-order valence-electron chi connectivity index (χ2n) is 5.19. The molecule has 0 spiro atoms. The number of carbonyl (C=O) groups excluding carboxylic acids is 1. The number of anilines is 1. The SMILES string of the molecule is N#CSc1ccc(NC(=O)c2csc(CN3CCOCC3)n2)cc1. The summed E-state index contributed by atoms with van der Waals surface area (Å²) < 4.78 is 5.33. The first-order valence-corrected chi connectivity index (χ1v) is 9.16. The molecule has 124 valence electrons. The molecule has 1 aliphatic rings. The summed E-state index contributed by atoms with van der Waals surface area (Å²) in [6, 6.07) is 7.15. The first-order chi connectivity index (χ1) is 11.7. The summed E-state index contributed by atoms with van der Waals surface area (Å²) in [4.78, 5) is 19.8. The van der Waals surface area contributed by atoms with Crippen molar-refractivity contribution in [3.63, 3.8) is 0 Å². The summed E-state index contributed by atoms with van der Waals surface area (Å²) >= 11 is 2.58. The summed E-state index contributed by atoms with van der Waals surface area (Å²) in [5, 5.41) is 16.2. The zero-order valence-corrected chi connectivity index (χ0v) is 14.5. The average molecular weight is 360 g/mol. The van der Waals surface area contributed by atoms with Crippen LogP contribution in [0.2, 0.25) is 0 Å². The average Bonchev–Trinajstić information content (AvgIpc) is 3.06. The van der Waals surface area contributed by atoms with Crippen LogP contribution < -0.4 is 5.32 Å². The number of thiocyanates is 1. The van der Waals surface area contributed by atoms with Crippen LogP contribution in [0.25, 0.3) is 0 Å². The van der Waals surface area contributed by atoms with E-state index in [9.17, 15) is 4.79 Å². The Morgan fingerprint density at radius 3 is 2.83 bits per heavy atom. The zero-order valence-electron chi connectivity index (χ0n) is 12.9. The molecular formula is C16H16N4O2S2. The number of nitrogens with one attached hydrogen (secondary N) is 1. The van der Waals surface area contributed by atoms with Gasteiger partial charge in [0.15, 0.2) is 0 Å². The maximum atomic E-state index is 12.3. The number of hydrogen-bond acceptors (Lipinski definition) is 7. The zero-order chi connectivity index (χ0) is 16.8. The van der Waals surface area contributed by atoms with E-state index in [0.29, 0.717) is 11.4 Å². The number of ether oxygens (including phenoxy) is 1. The van der Waals surface area contributed by atoms with E-state index in [4.69, 9.17) is 10.00 Å². The molecule has 1 saturated heterocycles. The van der Waals surface area contributed by atoms with Crippen LogP contribution in [0.3, 0.4) is 0 Å². The quantitative estimate of drug-likeness (QED) is 0.652. The predicted molar refractivity (Wildman–Crippen MR) is 94.1 cm³/mol. The van der Waals surface area contributed by atoms with Crippen molar-refractivity contribution < 1.29 is 9.53 Å². The third-order valence-corrected chi connectivity index (χ3v) is 4.96. The molecule has 3 rings (SSSR count). The third kappa shape index (κ3) is 4.55. The Balaban J connectivity index is 1.58. The Morgan fingerprint density at radius 2 is 2.12 bits per heavy atom. The number of carbonyl (C=O) groups is 1.